The van der Waals surface area contributed by atoms with Crippen LogP contribution in [0.1, 0.15) is 38.3 Å². The van der Waals surface area contributed by atoms with Gasteiger partial charge in [0.15, 0.2) is 11.6 Å². The molecule has 0 saturated heterocycles. The van der Waals surface area contributed by atoms with Crippen LogP contribution in [0.5, 0.6) is 11.5 Å². The molecular formula is C19H21ClFN3O4. The van der Waals surface area contributed by atoms with E-state index in [-0.39, 0.29) is 40.7 Å². The van der Waals surface area contributed by atoms with E-state index in [1.54, 1.807) is 13.0 Å². The molecule has 7 nitrogen and oxygen atoms in total. The third-order valence-corrected chi connectivity index (χ3v) is 4.42. The number of rotatable bonds is 9. The molecule has 0 unspecified atom stereocenters. The van der Waals surface area contributed by atoms with E-state index in [9.17, 15) is 14.9 Å². The smallest absolute Gasteiger partial charge is 0.269 e. The monoisotopic (exact) mass is 409 g/mol. The maximum Gasteiger partial charge on any atom is 0.269 e. The van der Waals surface area contributed by atoms with Gasteiger partial charge in [-0.15, -0.1) is 0 Å². The zero-order chi connectivity index (χ0) is 20.8. The maximum absolute atomic E-state index is 15.1. The quantitative estimate of drug-likeness (QED) is 0.468. The first kappa shape index (κ1) is 21.6. The lowest BCUT2D eigenvalue weighted by Gasteiger charge is -2.23. The number of amides is 1. The summed E-state index contributed by atoms with van der Waals surface area (Å²) in [5.74, 6) is -1.05. The van der Waals surface area contributed by atoms with Crippen molar-refractivity contribution in [2.75, 3.05) is 0 Å². The predicted octanol–water partition coefficient (Wildman–Crippen LogP) is 4.48. The second kappa shape index (κ2) is 9.48. The number of nitro groups is 1. The van der Waals surface area contributed by atoms with Gasteiger partial charge < -0.3 is 15.8 Å². The molecule has 0 aliphatic heterocycles. The normalized spacial score (nSPS) is 13.0. The fourth-order valence-corrected chi connectivity index (χ4v) is 2.98. The Morgan fingerprint density at radius 3 is 2.50 bits per heavy atom. The zero-order valence-electron chi connectivity index (χ0n) is 15.4. The summed E-state index contributed by atoms with van der Waals surface area (Å²) < 4.78 is 20.7. The van der Waals surface area contributed by atoms with Crippen LogP contribution in [0.25, 0.3) is 0 Å². The molecule has 0 aliphatic carbocycles. The molecule has 0 spiro atoms. The minimum atomic E-state index is -0.642. The predicted molar refractivity (Wildman–Crippen MR) is 104 cm³/mol. The molecule has 1 amide bonds. The van der Waals surface area contributed by atoms with Gasteiger partial charge in [-0.2, -0.15) is 0 Å². The number of nitrogens with two attached hydrogens (primary N) is 1. The summed E-state index contributed by atoms with van der Waals surface area (Å²) in [5, 5.41) is 14.0. The summed E-state index contributed by atoms with van der Waals surface area (Å²) in [6, 6.07) is 7.69. The standard InChI is InChI=1S/C19H21ClFN3O4/c1-3-16(23-11(2)10-17(22)25)14-8-9-15(20)19(18(14)21)28-13-6-4-12(5-7-13)24(26)27/h4-9,11,16,23H,3,10H2,1-2H3,(H2,22,25)/t11-,16-/m1/s1. The number of nitrogens with one attached hydrogen (secondary N) is 1. The molecule has 0 radical (unpaired) electrons. The molecule has 0 saturated carbocycles. The van der Waals surface area contributed by atoms with Crippen LogP contribution in [0.4, 0.5) is 10.1 Å². The maximum atomic E-state index is 15.1. The highest BCUT2D eigenvalue weighted by molar-refractivity contribution is 6.32. The number of non-ortho nitro benzene ring substituents is 1. The van der Waals surface area contributed by atoms with Crippen molar-refractivity contribution in [3.63, 3.8) is 0 Å². The number of ether oxygens (including phenoxy) is 1. The number of hydrogen-bond acceptors (Lipinski definition) is 5. The second-order valence-electron chi connectivity index (χ2n) is 6.33. The topological polar surface area (TPSA) is 107 Å². The van der Waals surface area contributed by atoms with Crippen LogP contribution in [0.3, 0.4) is 0 Å². The first-order valence-corrected chi connectivity index (χ1v) is 9.05. The average Bonchev–Trinajstić information content (AvgIpc) is 2.63. The number of halogens is 2. The lowest BCUT2D eigenvalue weighted by Crippen LogP contribution is -2.34. The first-order chi connectivity index (χ1) is 13.2. The van der Waals surface area contributed by atoms with Gasteiger partial charge in [-0.3, -0.25) is 14.9 Å². The molecule has 0 heterocycles. The number of carbonyl (C=O) groups excluding carboxylic acids is 1. The summed E-state index contributed by atoms with van der Waals surface area (Å²) in [6.45, 7) is 3.66. The summed E-state index contributed by atoms with van der Waals surface area (Å²) in [6.07, 6.45) is 0.677. The van der Waals surface area contributed by atoms with E-state index in [1.807, 2.05) is 6.92 Å². The molecule has 2 aromatic rings. The Morgan fingerprint density at radius 1 is 1.32 bits per heavy atom. The lowest BCUT2D eigenvalue weighted by atomic mass is 10.0. The van der Waals surface area contributed by atoms with Crippen LogP contribution in [-0.2, 0) is 4.79 Å². The van der Waals surface area contributed by atoms with Gasteiger partial charge in [-0.05, 0) is 31.5 Å². The molecule has 2 aromatic carbocycles. The van der Waals surface area contributed by atoms with Crippen molar-refractivity contribution in [2.45, 2.75) is 38.8 Å². The van der Waals surface area contributed by atoms with Crippen LogP contribution in [0, 0.1) is 15.9 Å². The van der Waals surface area contributed by atoms with Crippen molar-refractivity contribution < 1.29 is 18.8 Å². The van der Waals surface area contributed by atoms with E-state index in [4.69, 9.17) is 22.1 Å². The van der Waals surface area contributed by atoms with Crippen molar-refractivity contribution in [1.82, 2.24) is 5.32 Å². The van der Waals surface area contributed by atoms with Gasteiger partial charge in [-0.25, -0.2) is 4.39 Å². The van der Waals surface area contributed by atoms with E-state index in [0.717, 1.165) is 0 Å². The van der Waals surface area contributed by atoms with Gasteiger partial charge in [0.25, 0.3) is 5.69 Å². The Bertz CT molecular complexity index is 861. The van der Waals surface area contributed by atoms with Crippen molar-refractivity contribution in [1.29, 1.82) is 0 Å². The SMILES string of the molecule is CC[C@@H](N[C@H](C)CC(N)=O)c1ccc(Cl)c(Oc2ccc([N+](=O)[O-])cc2)c1F. The molecule has 9 heteroatoms. The number of benzene rings is 2. The number of nitrogens with zero attached hydrogens (tertiary/aromatic N) is 1. The molecule has 150 valence electrons. The Morgan fingerprint density at radius 2 is 1.96 bits per heavy atom. The van der Waals surface area contributed by atoms with E-state index in [1.165, 1.54) is 30.3 Å². The van der Waals surface area contributed by atoms with Crippen molar-refractivity contribution in [2.24, 2.45) is 5.73 Å². The van der Waals surface area contributed by atoms with Gasteiger partial charge >= 0.3 is 0 Å². The van der Waals surface area contributed by atoms with Crippen molar-refractivity contribution in [3.05, 3.63) is 62.9 Å². The summed E-state index contributed by atoms with van der Waals surface area (Å²) >= 11 is 6.10. The van der Waals surface area contributed by atoms with Crippen LogP contribution < -0.4 is 15.8 Å². The molecule has 3 N–H and O–H groups in total. The highest BCUT2D eigenvalue weighted by atomic mass is 35.5. The molecular weight excluding hydrogens is 389 g/mol. The van der Waals surface area contributed by atoms with E-state index in [0.29, 0.717) is 12.0 Å². The third kappa shape index (κ3) is 5.40. The van der Waals surface area contributed by atoms with E-state index < -0.39 is 16.6 Å². The van der Waals surface area contributed by atoms with Crippen LogP contribution in [-0.4, -0.2) is 16.9 Å². The van der Waals surface area contributed by atoms with E-state index >= 15 is 4.39 Å². The summed E-state index contributed by atoms with van der Waals surface area (Å²) in [4.78, 5) is 21.3. The fraction of sp³-hybridized carbons (Fsp3) is 0.316. The minimum absolute atomic E-state index is 0.0691. The fourth-order valence-electron chi connectivity index (χ4n) is 2.80. The number of primary amides is 1. The van der Waals surface area contributed by atoms with Gasteiger partial charge in [0.1, 0.15) is 5.75 Å². The number of carbonyl (C=O) groups is 1. The van der Waals surface area contributed by atoms with Crippen LogP contribution >= 0.6 is 11.6 Å². The molecule has 0 fully saturated rings. The first-order valence-electron chi connectivity index (χ1n) is 8.67. The Balaban J connectivity index is 2.28. The Hall–Kier alpha value is -2.71. The molecule has 2 atom stereocenters. The molecule has 28 heavy (non-hydrogen) atoms. The van der Waals surface area contributed by atoms with Crippen molar-refractivity contribution in [3.8, 4) is 11.5 Å². The Labute approximate surface area is 166 Å². The van der Waals surface area contributed by atoms with Gasteiger partial charge in [0.05, 0.1) is 9.95 Å². The highest BCUT2D eigenvalue weighted by Crippen LogP contribution is 2.37. The molecule has 0 bridgehead atoms. The summed E-state index contributed by atoms with van der Waals surface area (Å²) in [5.41, 5.74) is 5.43. The molecule has 0 aromatic heterocycles. The van der Waals surface area contributed by atoms with Gasteiger partial charge in [-0.1, -0.05) is 24.6 Å². The second-order valence-corrected chi connectivity index (χ2v) is 6.74. The highest BCUT2D eigenvalue weighted by Gasteiger charge is 2.22. The van der Waals surface area contributed by atoms with Crippen LogP contribution in [0.2, 0.25) is 5.02 Å². The number of hydrogen-bond donors (Lipinski definition) is 2. The van der Waals surface area contributed by atoms with Crippen LogP contribution in [0.15, 0.2) is 36.4 Å². The van der Waals surface area contributed by atoms with Gasteiger partial charge in [0.2, 0.25) is 5.91 Å². The van der Waals surface area contributed by atoms with Gasteiger partial charge in [0, 0.05) is 36.2 Å². The third-order valence-electron chi connectivity index (χ3n) is 4.12. The van der Waals surface area contributed by atoms with Crippen molar-refractivity contribution >= 4 is 23.2 Å². The van der Waals surface area contributed by atoms with E-state index in [2.05, 4.69) is 5.32 Å². The molecule has 2 rings (SSSR count). The minimum Gasteiger partial charge on any atom is -0.453 e. The Kier molecular flexibility index (Phi) is 7.31. The average molecular weight is 410 g/mol. The zero-order valence-corrected chi connectivity index (χ0v) is 16.2. The number of nitro benzene ring substituents is 1. The largest absolute Gasteiger partial charge is 0.453 e. The molecule has 0 aliphatic rings. The lowest BCUT2D eigenvalue weighted by molar-refractivity contribution is -0.384. The summed E-state index contributed by atoms with van der Waals surface area (Å²) in [7, 11) is 0.